The van der Waals surface area contributed by atoms with Crippen molar-refractivity contribution in [2.24, 2.45) is 10.2 Å². The Balaban J connectivity index is 1.61. The number of hydrogen-bond donors (Lipinski definition) is 0. The summed E-state index contributed by atoms with van der Waals surface area (Å²) in [7, 11) is 0. The van der Waals surface area contributed by atoms with E-state index in [0.29, 0.717) is 12.1 Å². The maximum atomic E-state index is 10.7. The molecule has 7 nitrogen and oxygen atoms in total. The van der Waals surface area contributed by atoms with Crippen LogP contribution < -0.4 is 4.90 Å². The molecule has 2 atom stereocenters. The Morgan fingerprint density at radius 2 is 1.95 bits per heavy atom. The van der Waals surface area contributed by atoms with E-state index in [0.717, 1.165) is 31.5 Å². The first kappa shape index (κ1) is 10.8. The molecule has 7 heteroatoms. The van der Waals surface area contributed by atoms with E-state index in [9.17, 15) is 10.1 Å². The van der Waals surface area contributed by atoms with Crippen LogP contribution in [0.3, 0.4) is 0 Å². The number of nitrogens with zero attached hydrogens (tertiary/aromatic N) is 5. The van der Waals surface area contributed by atoms with Crippen molar-refractivity contribution in [2.45, 2.75) is 43.4 Å². The zero-order chi connectivity index (χ0) is 13.0. The first-order chi connectivity index (χ1) is 9.17. The van der Waals surface area contributed by atoms with E-state index in [1.165, 1.54) is 12.3 Å². The van der Waals surface area contributed by atoms with Gasteiger partial charge in [0.1, 0.15) is 12.0 Å². The molecule has 3 aliphatic heterocycles. The molecule has 0 aromatic carbocycles. The summed E-state index contributed by atoms with van der Waals surface area (Å²) in [6.07, 6.45) is 5.53. The summed E-state index contributed by atoms with van der Waals surface area (Å²) in [5, 5.41) is 19.0. The number of anilines is 1. The van der Waals surface area contributed by atoms with Gasteiger partial charge in [0.15, 0.2) is 5.66 Å². The van der Waals surface area contributed by atoms with E-state index in [1.54, 1.807) is 6.07 Å². The summed E-state index contributed by atoms with van der Waals surface area (Å²) in [6, 6.07) is 4.12. The Labute approximate surface area is 109 Å². The first-order valence-corrected chi connectivity index (χ1v) is 6.50. The SMILES string of the molecule is O=[N+]([O-])c1ccc(N2C3CCC2CC2(C3)N=N2)nc1. The predicted octanol–water partition coefficient (Wildman–Crippen LogP) is 2.28. The molecule has 2 fully saturated rings. The highest BCUT2D eigenvalue weighted by Gasteiger charge is 2.54. The Hall–Kier alpha value is -2.05. The number of rotatable bonds is 2. The van der Waals surface area contributed by atoms with Crippen molar-refractivity contribution in [2.75, 3.05) is 4.90 Å². The van der Waals surface area contributed by atoms with Gasteiger partial charge >= 0.3 is 0 Å². The maximum Gasteiger partial charge on any atom is 0.287 e. The minimum Gasteiger partial charge on any atom is -0.350 e. The first-order valence-electron chi connectivity index (χ1n) is 6.50. The topological polar surface area (TPSA) is 84.0 Å². The lowest BCUT2D eigenvalue weighted by Crippen LogP contribution is -2.46. The van der Waals surface area contributed by atoms with E-state index < -0.39 is 4.92 Å². The predicted molar refractivity (Wildman–Crippen MR) is 67.0 cm³/mol. The van der Waals surface area contributed by atoms with Crippen LogP contribution >= 0.6 is 0 Å². The molecule has 2 unspecified atom stereocenters. The molecule has 0 aliphatic carbocycles. The van der Waals surface area contributed by atoms with E-state index in [-0.39, 0.29) is 11.4 Å². The molecule has 98 valence electrons. The van der Waals surface area contributed by atoms with Crippen molar-refractivity contribution >= 4 is 11.5 Å². The summed E-state index contributed by atoms with van der Waals surface area (Å²) in [6.45, 7) is 0. The third-order valence-electron chi connectivity index (χ3n) is 4.34. The fourth-order valence-electron chi connectivity index (χ4n) is 3.45. The van der Waals surface area contributed by atoms with Crippen LogP contribution in [0.5, 0.6) is 0 Å². The molecular weight excluding hydrogens is 246 g/mol. The zero-order valence-corrected chi connectivity index (χ0v) is 10.3. The quantitative estimate of drug-likeness (QED) is 0.602. The number of pyridine rings is 1. The van der Waals surface area contributed by atoms with Crippen molar-refractivity contribution in [1.29, 1.82) is 0 Å². The van der Waals surface area contributed by atoms with E-state index >= 15 is 0 Å². The van der Waals surface area contributed by atoms with Crippen molar-refractivity contribution in [3.05, 3.63) is 28.4 Å². The van der Waals surface area contributed by atoms with Gasteiger partial charge in [0, 0.05) is 31.0 Å². The second kappa shape index (κ2) is 3.49. The van der Waals surface area contributed by atoms with E-state index in [4.69, 9.17) is 0 Å². The molecule has 4 rings (SSSR count). The third kappa shape index (κ3) is 1.61. The lowest BCUT2D eigenvalue weighted by atomic mass is 9.94. The molecule has 1 aromatic rings. The third-order valence-corrected chi connectivity index (χ3v) is 4.34. The van der Waals surface area contributed by atoms with Gasteiger partial charge in [-0.3, -0.25) is 10.1 Å². The van der Waals surface area contributed by atoms with Gasteiger partial charge in [0.05, 0.1) is 4.92 Å². The molecule has 4 heterocycles. The van der Waals surface area contributed by atoms with Crippen LogP contribution in [0.15, 0.2) is 28.6 Å². The number of hydrogen-bond acceptors (Lipinski definition) is 6. The summed E-state index contributed by atoms with van der Waals surface area (Å²) < 4.78 is 0. The smallest absolute Gasteiger partial charge is 0.287 e. The van der Waals surface area contributed by atoms with Crippen LogP contribution in [0.1, 0.15) is 25.7 Å². The number of fused-ring (bicyclic) bond motifs is 2. The highest BCUT2D eigenvalue weighted by Crippen LogP contribution is 2.50. The molecule has 0 N–H and O–H groups in total. The van der Waals surface area contributed by atoms with E-state index in [1.807, 2.05) is 0 Å². The molecule has 2 saturated heterocycles. The molecule has 1 spiro atoms. The normalized spacial score (nSPS) is 29.8. The highest BCUT2D eigenvalue weighted by molar-refractivity contribution is 5.47. The van der Waals surface area contributed by atoms with Crippen LogP contribution in [0.4, 0.5) is 11.5 Å². The Morgan fingerprint density at radius 1 is 1.26 bits per heavy atom. The maximum absolute atomic E-state index is 10.7. The second-order valence-corrected chi connectivity index (χ2v) is 5.51. The van der Waals surface area contributed by atoms with Crippen molar-refractivity contribution in [3.63, 3.8) is 0 Å². The molecule has 19 heavy (non-hydrogen) atoms. The van der Waals surface area contributed by atoms with Gasteiger partial charge in [-0.05, 0) is 18.9 Å². The fourth-order valence-corrected chi connectivity index (χ4v) is 3.45. The lowest BCUT2D eigenvalue weighted by molar-refractivity contribution is -0.385. The summed E-state index contributed by atoms with van der Waals surface area (Å²) >= 11 is 0. The number of piperidine rings is 1. The Bertz CT molecular complexity index is 548. The summed E-state index contributed by atoms with van der Waals surface area (Å²) in [5.41, 5.74) is -0.0555. The molecular formula is C12H13N5O2. The molecule has 0 radical (unpaired) electrons. The van der Waals surface area contributed by atoms with Crippen molar-refractivity contribution in [1.82, 2.24) is 4.98 Å². The Morgan fingerprint density at radius 3 is 2.42 bits per heavy atom. The minimum absolute atomic E-state index is 0.0387. The van der Waals surface area contributed by atoms with Crippen molar-refractivity contribution in [3.8, 4) is 0 Å². The van der Waals surface area contributed by atoms with Crippen LogP contribution in [-0.4, -0.2) is 27.7 Å². The fraction of sp³-hybridized carbons (Fsp3) is 0.583. The van der Waals surface area contributed by atoms with Gasteiger partial charge < -0.3 is 4.90 Å². The average molecular weight is 259 g/mol. The largest absolute Gasteiger partial charge is 0.350 e. The van der Waals surface area contributed by atoms with Gasteiger partial charge in [-0.25, -0.2) is 4.98 Å². The second-order valence-electron chi connectivity index (χ2n) is 5.51. The van der Waals surface area contributed by atoms with Gasteiger partial charge in [-0.1, -0.05) is 0 Å². The minimum atomic E-state index is -0.418. The summed E-state index contributed by atoms with van der Waals surface area (Å²) in [5.74, 6) is 0.841. The number of nitro groups is 1. The Kier molecular flexibility index (Phi) is 1.99. The van der Waals surface area contributed by atoms with E-state index in [2.05, 4.69) is 20.1 Å². The van der Waals surface area contributed by atoms with Gasteiger partial charge in [-0.15, -0.1) is 0 Å². The monoisotopic (exact) mass is 259 g/mol. The van der Waals surface area contributed by atoms with Crippen LogP contribution in [0.25, 0.3) is 0 Å². The van der Waals surface area contributed by atoms with Gasteiger partial charge in [-0.2, -0.15) is 10.2 Å². The molecule has 2 bridgehead atoms. The molecule has 1 aromatic heterocycles. The highest BCUT2D eigenvalue weighted by atomic mass is 16.6. The van der Waals surface area contributed by atoms with Crippen LogP contribution in [0, 0.1) is 10.1 Å². The van der Waals surface area contributed by atoms with Crippen molar-refractivity contribution < 1.29 is 4.92 Å². The van der Waals surface area contributed by atoms with Crippen LogP contribution in [0.2, 0.25) is 0 Å². The molecule has 3 aliphatic rings. The standard InChI is InChI=1S/C12H13N5O2/c18-17(19)10-3-4-11(13-7-10)16-8-1-2-9(16)6-12(5-8)14-15-12/h3-4,7-9H,1-2,5-6H2. The number of aromatic nitrogens is 1. The van der Waals surface area contributed by atoms with Gasteiger partial charge in [0.25, 0.3) is 5.69 Å². The molecule has 0 saturated carbocycles. The lowest BCUT2D eigenvalue weighted by Gasteiger charge is -2.37. The summed E-state index contributed by atoms with van der Waals surface area (Å²) in [4.78, 5) is 16.8. The van der Waals surface area contributed by atoms with Crippen LogP contribution in [-0.2, 0) is 0 Å². The zero-order valence-electron chi connectivity index (χ0n) is 10.3. The van der Waals surface area contributed by atoms with Gasteiger partial charge in [0.2, 0.25) is 0 Å². The average Bonchev–Trinajstić information content (AvgIpc) is 3.09. The molecule has 0 amide bonds.